The maximum absolute atomic E-state index is 8.67. The molecule has 4 nitrogen and oxygen atoms in total. The molecule has 0 aliphatic carbocycles. The van der Waals surface area contributed by atoms with Crippen molar-refractivity contribution in [3.05, 3.63) is 23.9 Å². The molecule has 1 heterocycles. The Morgan fingerprint density at radius 1 is 1.50 bits per heavy atom. The van der Waals surface area contributed by atoms with Gasteiger partial charge >= 0.3 is 0 Å². The average molecular weight is 218 g/mol. The highest BCUT2D eigenvalue weighted by molar-refractivity contribution is 5.41. The fourth-order valence-electron chi connectivity index (χ4n) is 1.47. The number of nitrogens with two attached hydrogens (primary N) is 1. The molecule has 0 saturated carbocycles. The van der Waals surface area contributed by atoms with Crippen LogP contribution in [-0.2, 0) is 0 Å². The van der Waals surface area contributed by atoms with Gasteiger partial charge in [-0.05, 0) is 24.1 Å². The van der Waals surface area contributed by atoms with Crippen molar-refractivity contribution in [3.8, 4) is 6.07 Å². The van der Waals surface area contributed by atoms with Crippen LogP contribution in [0.4, 0.5) is 5.82 Å². The minimum Gasteiger partial charge on any atom is -0.359 e. The number of pyridine rings is 1. The van der Waals surface area contributed by atoms with Crippen molar-refractivity contribution in [2.75, 3.05) is 25.0 Å². The number of nitrogens with zero attached hydrogens (tertiary/aromatic N) is 3. The van der Waals surface area contributed by atoms with Gasteiger partial charge in [0.1, 0.15) is 11.9 Å². The summed E-state index contributed by atoms with van der Waals surface area (Å²) < 4.78 is 0. The van der Waals surface area contributed by atoms with Crippen molar-refractivity contribution < 1.29 is 0 Å². The van der Waals surface area contributed by atoms with Gasteiger partial charge in [-0.15, -0.1) is 0 Å². The van der Waals surface area contributed by atoms with Crippen LogP contribution in [0.25, 0.3) is 0 Å². The summed E-state index contributed by atoms with van der Waals surface area (Å²) >= 11 is 0. The molecule has 2 N–H and O–H groups in total. The van der Waals surface area contributed by atoms with E-state index in [-0.39, 0.29) is 5.41 Å². The van der Waals surface area contributed by atoms with Crippen LogP contribution in [-0.4, -0.2) is 25.1 Å². The van der Waals surface area contributed by atoms with Crippen molar-refractivity contribution in [1.29, 1.82) is 5.26 Å². The number of hydrogen-bond acceptors (Lipinski definition) is 4. The molecule has 86 valence electrons. The molecule has 1 aromatic heterocycles. The molecule has 0 atom stereocenters. The smallest absolute Gasteiger partial charge is 0.128 e. The number of hydrogen-bond donors (Lipinski definition) is 1. The zero-order valence-electron chi connectivity index (χ0n) is 10.1. The largest absolute Gasteiger partial charge is 0.359 e. The summed E-state index contributed by atoms with van der Waals surface area (Å²) in [6.07, 6.45) is 1.58. The maximum Gasteiger partial charge on any atom is 0.128 e. The molecular formula is C12H18N4. The van der Waals surface area contributed by atoms with E-state index in [0.717, 1.165) is 12.4 Å². The highest BCUT2D eigenvalue weighted by Gasteiger charge is 2.18. The standard InChI is InChI=1S/C12H18N4/c1-12(2,8-14)9-16(3)11-5-4-10(6-13)7-15-11/h4-5,7H,8-9,14H2,1-3H3. The van der Waals surface area contributed by atoms with Crippen LogP contribution >= 0.6 is 0 Å². The average Bonchev–Trinajstić information content (AvgIpc) is 2.28. The summed E-state index contributed by atoms with van der Waals surface area (Å²) in [5.41, 5.74) is 6.33. The molecule has 0 aliphatic heterocycles. The molecule has 1 rings (SSSR count). The van der Waals surface area contributed by atoms with Crippen molar-refractivity contribution >= 4 is 5.82 Å². The van der Waals surface area contributed by atoms with Gasteiger partial charge < -0.3 is 10.6 Å². The van der Waals surface area contributed by atoms with Crippen molar-refractivity contribution in [2.24, 2.45) is 11.1 Å². The fourth-order valence-corrected chi connectivity index (χ4v) is 1.47. The Labute approximate surface area is 96.7 Å². The van der Waals surface area contributed by atoms with Gasteiger partial charge in [0.25, 0.3) is 0 Å². The van der Waals surface area contributed by atoms with Gasteiger partial charge in [0.15, 0.2) is 0 Å². The summed E-state index contributed by atoms with van der Waals surface area (Å²) in [7, 11) is 1.98. The summed E-state index contributed by atoms with van der Waals surface area (Å²) in [5.74, 6) is 0.862. The Balaban J connectivity index is 2.74. The normalized spacial score (nSPS) is 10.9. The number of aromatic nitrogens is 1. The third-order valence-electron chi connectivity index (χ3n) is 2.49. The lowest BCUT2D eigenvalue weighted by Gasteiger charge is -2.29. The Morgan fingerprint density at radius 2 is 2.19 bits per heavy atom. The van der Waals surface area contributed by atoms with Gasteiger partial charge in [0.2, 0.25) is 0 Å². The van der Waals surface area contributed by atoms with Gasteiger partial charge in [-0.1, -0.05) is 13.8 Å². The molecule has 0 saturated heterocycles. The molecule has 0 aliphatic rings. The van der Waals surface area contributed by atoms with E-state index in [4.69, 9.17) is 11.0 Å². The first kappa shape index (κ1) is 12.5. The lowest BCUT2D eigenvalue weighted by molar-refractivity contribution is 0.384. The van der Waals surface area contributed by atoms with Crippen LogP contribution in [0.5, 0.6) is 0 Å². The van der Waals surface area contributed by atoms with Gasteiger partial charge in [-0.2, -0.15) is 5.26 Å². The van der Waals surface area contributed by atoms with Gasteiger partial charge in [0, 0.05) is 19.8 Å². The van der Waals surface area contributed by atoms with Crippen molar-refractivity contribution in [3.63, 3.8) is 0 Å². The maximum atomic E-state index is 8.67. The van der Waals surface area contributed by atoms with Crippen LogP contribution in [0.15, 0.2) is 18.3 Å². The Kier molecular flexibility index (Phi) is 3.86. The molecular weight excluding hydrogens is 200 g/mol. The van der Waals surface area contributed by atoms with E-state index in [0.29, 0.717) is 12.1 Å². The summed E-state index contributed by atoms with van der Waals surface area (Å²) in [5, 5.41) is 8.67. The molecule has 1 aromatic rings. The molecule has 0 aromatic carbocycles. The predicted octanol–water partition coefficient (Wildman–Crippen LogP) is 1.37. The lowest BCUT2D eigenvalue weighted by Crippen LogP contribution is -2.37. The van der Waals surface area contributed by atoms with E-state index in [1.54, 1.807) is 12.3 Å². The molecule has 4 heteroatoms. The Morgan fingerprint density at radius 3 is 2.62 bits per heavy atom. The topological polar surface area (TPSA) is 65.9 Å². The third-order valence-corrected chi connectivity index (χ3v) is 2.49. The van der Waals surface area contributed by atoms with Crippen LogP contribution < -0.4 is 10.6 Å². The van der Waals surface area contributed by atoms with E-state index in [1.165, 1.54) is 0 Å². The summed E-state index contributed by atoms with van der Waals surface area (Å²) in [6, 6.07) is 5.68. The van der Waals surface area contributed by atoms with Crippen molar-refractivity contribution in [1.82, 2.24) is 4.98 Å². The summed E-state index contributed by atoms with van der Waals surface area (Å²) in [6.45, 7) is 5.70. The zero-order valence-corrected chi connectivity index (χ0v) is 10.1. The molecule has 0 radical (unpaired) electrons. The monoisotopic (exact) mass is 218 g/mol. The SMILES string of the molecule is CN(CC(C)(C)CN)c1ccc(C#N)cn1. The first-order valence-electron chi connectivity index (χ1n) is 5.26. The number of nitriles is 1. The van der Waals surface area contributed by atoms with Crippen LogP contribution in [0.3, 0.4) is 0 Å². The van der Waals surface area contributed by atoms with Crippen LogP contribution in [0.2, 0.25) is 0 Å². The second-order valence-electron chi connectivity index (χ2n) is 4.74. The molecule has 0 spiro atoms. The molecule has 0 fully saturated rings. The van der Waals surface area contributed by atoms with E-state index >= 15 is 0 Å². The minimum absolute atomic E-state index is 0.0599. The van der Waals surface area contributed by atoms with Gasteiger partial charge in [-0.3, -0.25) is 0 Å². The molecule has 0 bridgehead atoms. The number of anilines is 1. The first-order chi connectivity index (χ1) is 7.48. The van der Waals surface area contributed by atoms with Gasteiger partial charge in [-0.25, -0.2) is 4.98 Å². The summed E-state index contributed by atoms with van der Waals surface area (Å²) in [4.78, 5) is 6.28. The second-order valence-corrected chi connectivity index (χ2v) is 4.74. The van der Waals surface area contributed by atoms with E-state index in [2.05, 4.69) is 24.9 Å². The Bertz CT molecular complexity index is 375. The Hall–Kier alpha value is -1.60. The first-order valence-corrected chi connectivity index (χ1v) is 5.26. The van der Waals surface area contributed by atoms with Crippen molar-refractivity contribution in [2.45, 2.75) is 13.8 Å². The van der Waals surface area contributed by atoms with E-state index < -0.39 is 0 Å². The molecule has 0 unspecified atom stereocenters. The predicted molar refractivity (Wildman–Crippen MR) is 65.1 cm³/mol. The third kappa shape index (κ3) is 3.21. The van der Waals surface area contributed by atoms with E-state index in [9.17, 15) is 0 Å². The van der Waals surface area contributed by atoms with Gasteiger partial charge in [0.05, 0.1) is 5.56 Å². The van der Waals surface area contributed by atoms with Crippen LogP contribution in [0, 0.1) is 16.7 Å². The quantitative estimate of drug-likeness (QED) is 0.829. The van der Waals surface area contributed by atoms with Crippen LogP contribution in [0.1, 0.15) is 19.4 Å². The molecule has 16 heavy (non-hydrogen) atoms. The highest BCUT2D eigenvalue weighted by atomic mass is 15.2. The molecule has 0 amide bonds. The minimum atomic E-state index is 0.0599. The lowest BCUT2D eigenvalue weighted by atomic mass is 9.93. The van der Waals surface area contributed by atoms with E-state index in [1.807, 2.05) is 18.0 Å². The highest BCUT2D eigenvalue weighted by Crippen LogP contribution is 2.18. The zero-order chi connectivity index (χ0) is 12.2. The fraction of sp³-hybridized carbons (Fsp3) is 0.500. The number of rotatable bonds is 4. The second kappa shape index (κ2) is 4.95.